The van der Waals surface area contributed by atoms with Gasteiger partial charge < -0.3 is 20.8 Å². The Morgan fingerprint density at radius 1 is 1.30 bits per heavy atom. The number of hydrogen-bond acceptors (Lipinski definition) is 3. The molecule has 20 heavy (non-hydrogen) atoms. The van der Waals surface area contributed by atoms with Gasteiger partial charge in [-0.1, -0.05) is 0 Å². The number of aliphatic hydroxyl groups is 1. The fourth-order valence-electron chi connectivity index (χ4n) is 1.35. The van der Waals surface area contributed by atoms with Crippen LogP contribution in [-0.4, -0.2) is 34.9 Å². The van der Waals surface area contributed by atoms with E-state index in [0.29, 0.717) is 0 Å². The van der Waals surface area contributed by atoms with Gasteiger partial charge in [0.1, 0.15) is 11.6 Å². The second-order valence-electron chi connectivity index (χ2n) is 4.10. The second-order valence-corrected chi connectivity index (χ2v) is 4.10. The molecule has 0 aliphatic carbocycles. The highest BCUT2D eigenvalue weighted by molar-refractivity contribution is 5.89. The van der Waals surface area contributed by atoms with Crippen LogP contribution in [0.5, 0.6) is 0 Å². The fraction of sp³-hybridized carbons (Fsp3) is 0.333. The number of benzene rings is 1. The van der Waals surface area contributed by atoms with Crippen molar-refractivity contribution in [3.05, 3.63) is 29.3 Å². The molecule has 0 heterocycles. The standard InChI is InChI=1S/C12H14F2N2O4/c1-6-4-8(14)9(5-7(6)13)16-12(20)15-3-2-10(17)11(18)19/h4-5,10,17H,2-3H2,1H3,(H,18,19)(H2,15,16,20)/t10-/m0/s1. The average Bonchev–Trinajstić information content (AvgIpc) is 2.35. The first-order valence-electron chi connectivity index (χ1n) is 5.72. The predicted molar refractivity (Wildman–Crippen MR) is 66.4 cm³/mol. The van der Waals surface area contributed by atoms with Crippen molar-refractivity contribution in [2.24, 2.45) is 0 Å². The maximum Gasteiger partial charge on any atom is 0.332 e. The molecule has 1 atom stereocenters. The molecule has 0 spiro atoms. The monoisotopic (exact) mass is 288 g/mol. The van der Waals surface area contributed by atoms with Crippen LogP contribution in [0.2, 0.25) is 0 Å². The molecule has 0 fully saturated rings. The summed E-state index contributed by atoms with van der Waals surface area (Å²) in [5, 5.41) is 21.7. The van der Waals surface area contributed by atoms with Crippen LogP contribution in [0.3, 0.4) is 0 Å². The van der Waals surface area contributed by atoms with Crippen molar-refractivity contribution in [2.45, 2.75) is 19.4 Å². The number of nitrogens with one attached hydrogen (secondary N) is 2. The van der Waals surface area contributed by atoms with E-state index in [1.807, 2.05) is 0 Å². The van der Waals surface area contributed by atoms with E-state index in [1.54, 1.807) is 0 Å². The van der Waals surface area contributed by atoms with Crippen molar-refractivity contribution in [3.63, 3.8) is 0 Å². The molecule has 110 valence electrons. The molecule has 0 saturated heterocycles. The number of carbonyl (C=O) groups excluding carboxylic acids is 1. The lowest BCUT2D eigenvalue weighted by atomic mass is 10.2. The topological polar surface area (TPSA) is 98.7 Å². The van der Waals surface area contributed by atoms with E-state index in [2.05, 4.69) is 10.6 Å². The Labute approximate surface area is 113 Å². The van der Waals surface area contributed by atoms with Gasteiger partial charge in [-0.25, -0.2) is 18.4 Å². The van der Waals surface area contributed by atoms with Crippen LogP contribution in [0.1, 0.15) is 12.0 Å². The van der Waals surface area contributed by atoms with Crippen LogP contribution in [0, 0.1) is 18.6 Å². The number of rotatable bonds is 5. The van der Waals surface area contributed by atoms with Gasteiger partial charge in [0, 0.05) is 19.0 Å². The highest BCUT2D eigenvalue weighted by atomic mass is 19.1. The largest absolute Gasteiger partial charge is 0.479 e. The summed E-state index contributed by atoms with van der Waals surface area (Å²) in [6.45, 7) is 1.25. The van der Waals surface area contributed by atoms with Crippen molar-refractivity contribution < 1.29 is 28.6 Å². The summed E-state index contributed by atoms with van der Waals surface area (Å²) in [6, 6.07) is 0.958. The van der Waals surface area contributed by atoms with Crippen molar-refractivity contribution in [1.29, 1.82) is 0 Å². The Morgan fingerprint density at radius 3 is 2.55 bits per heavy atom. The SMILES string of the molecule is Cc1cc(F)c(NC(=O)NCC[C@H](O)C(=O)O)cc1F. The predicted octanol–water partition coefficient (Wildman–Crippen LogP) is 1.23. The van der Waals surface area contributed by atoms with Crippen molar-refractivity contribution >= 4 is 17.7 Å². The van der Waals surface area contributed by atoms with Gasteiger partial charge in [0.2, 0.25) is 0 Å². The molecular weight excluding hydrogens is 274 g/mol. The van der Waals surface area contributed by atoms with E-state index in [9.17, 15) is 18.4 Å². The minimum Gasteiger partial charge on any atom is -0.479 e. The highest BCUT2D eigenvalue weighted by Crippen LogP contribution is 2.18. The minimum atomic E-state index is -1.59. The maximum atomic E-state index is 13.4. The minimum absolute atomic E-state index is 0.109. The summed E-state index contributed by atoms with van der Waals surface area (Å²) in [4.78, 5) is 21.7. The van der Waals surface area contributed by atoms with Crippen LogP contribution in [-0.2, 0) is 4.79 Å². The van der Waals surface area contributed by atoms with Gasteiger partial charge in [0.25, 0.3) is 0 Å². The Morgan fingerprint density at radius 2 is 1.95 bits per heavy atom. The van der Waals surface area contributed by atoms with E-state index >= 15 is 0 Å². The number of carboxylic acid groups (broad SMARTS) is 1. The van der Waals surface area contributed by atoms with Gasteiger partial charge in [0.05, 0.1) is 5.69 Å². The molecule has 2 amide bonds. The van der Waals surface area contributed by atoms with Gasteiger partial charge in [0.15, 0.2) is 6.10 Å². The molecule has 0 aromatic heterocycles. The lowest BCUT2D eigenvalue weighted by Crippen LogP contribution is -2.33. The average molecular weight is 288 g/mol. The third-order valence-electron chi connectivity index (χ3n) is 2.48. The molecule has 4 N–H and O–H groups in total. The third kappa shape index (κ3) is 4.47. The molecule has 0 bridgehead atoms. The van der Waals surface area contributed by atoms with Gasteiger partial charge in [-0.05, 0) is 18.6 Å². The summed E-state index contributed by atoms with van der Waals surface area (Å²) < 4.78 is 26.6. The molecule has 0 unspecified atom stereocenters. The van der Waals surface area contributed by atoms with Crippen LogP contribution < -0.4 is 10.6 Å². The number of aryl methyl sites for hydroxylation is 1. The van der Waals surface area contributed by atoms with Gasteiger partial charge in [-0.2, -0.15) is 0 Å². The molecule has 0 saturated carbocycles. The Kier molecular flexibility index (Phi) is 5.39. The molecular formula is C12H14F2N2O4. The van der Waals surface area contributed by atoms with Crippen LogP contribution in [0.4, 0.5) is 19.3 Å². The molecule has 8 heteroatoms. The summed E-state index contributed by atoms with van der Waals surface area (Å²) >= 11 is 0. The van der Waals surface area contributed by atoms with E-state index in [4.69, 9.17) is 10.2 Å². The number of urea groups is 1. The molecule has 1 aromatic rings. The normalized spacial score (nSPS) is 11.8. The lowest BCUT2D eigenvalue weighted by molar-refractivity contribution is -0.146. The first-order chi connectivity index (χ1) is 9.31. The smallest absolute Gasteiger partial charge is 0.332 e. The number of anilines is 1. The zero-order chi connectivity index (χ0) is 15.3. The number of amides is 2. The third-order valence-corrected chi connectivity index (χ3v) is 2.48. The van der Waals surface area contributed by atoms with Gasteiger partial charge in [-0.15, -0.1) is 0 Å². The summed E-state index contributed by atoms with van der Waals surface area (Å²) in [6.07, 6.45) is -1.79. The molecule has 0 radical (unpaired) electrons. The quantitative estimate of drug-likeness (QED) is 0.655. The zero-order valence-corrected chi connectivity index (χ0v) is 10.6. The summed E-state index contributed by atoms with van der Waals surface area (Å²) in [5.74, 6) is -2.86. The summed E-state index contributed by atoms with van der Waals surface area (Å²) in [7, 11) is 0. The highest BCUT2D eigenvalue weighted by Gasteiger charge is 2.14. The number of hydrogen-bond donors (Lipinski definition) is 4. The first-order valence-corrected chi connectivity index (χ1v) is 5.72. The number of aliphatic carboxylic acids is 1. The molecule has 0 aliphatic heterocycles. The Bertz CT molecular complexity index is 522. The Balaban J connectivity index is 2.51. The van der Waals surface area contributed by atoms with E-state index in [0.717, 1.165) is 12.1 Å². The molecule has 1 aromatic carbocycles. The van der Waals surface area contributed by atoms with Gasteiger partial charge >= 0.3 is 12.0 Å². The molecule has 6 nitrogen and oxygen atoms in total. The molecule has 1 rings (SSSR count). The van der Waals surface area contributed by atoms with Gasteiger partial charge in [-0.3, -0.25) is 0 Å². The van der Waals surface area contributed by atoms with Crippen LogP contribution >= 0.6 is 0 Å². The molecule has 0 aliphatic rings. The van der Waals surface area contributed by atoms with Crippen LogP contribution in [0.15, 0.2) is 12.1 Å². The van der Waals surface area contributed by atoms with Crippen molar-refractivity contribution in [3.8, 4) is 0 Å². The first kappa shape index (κ1) is 15.8. The second kappa shape index (κ2) is 6.80. The lowest BCUT2D eigenvalue weighted by Gasteiger charge is -2.10. The number of carbonyl (C=O) groups is 2. The number of carboxylic acids is 1. The Hall–Kier alpha value is -2.22. The number of aliphatic hydroxyl groups excluding tert-OH is 1. The zero-order valence-electron chi connectivity index (χ0n) is 10.6. The van der Waals surface area contributed by atoms with E-state index < -0.39 is 29.7 Å². The summed E-state index contributed by atoms with van der Waals surface area (Å²) in [5.41, 5.74) is -0.220. The van der Waals surface area contributed by atoms with E-state index in [1.165, 1.54) is 6.92 Å². The maximum absolute atomic E-state index is 13.4. The number of halogens is 2. The van der Waals surface area contributed by atoms with E-state index in [-0.39, 0.29) is 24.2 Å². The van der Waals surface area contributed by atoms with Crippen molar-refractivity contribution in [2.75, 3.05) is 11.9 Å². The van der Waals surface area contributed by atoms with Crippen molar-refractivity contribution in [1.82, 2.24) is 5.32 Å². The fourth-order valence-corrected chi connectivity index (χ4v) is 1.35. The van der Waals surface area contributed by atoms with Crippen LogP contribution in [0.25, 0.3) is 0 Å².